The molecule has 7 N–H and O–H groups in total. The molecule has 1 aromatic rings. The third kappa shape index (κ3) is 3.56. The predicted octanol–water partition coefficient (Wildman–Crippen LogP) is -3.30. The lowest BCUT2D eigenvalue weighted by molar-refractivity contribution is -0.226. The summed E-state index contributed by atoms with van der Waals surface area (Å²) in [5.74, 6) is -5.81. The number of rotatable bonds is 9. The highest BCUT2D eigenvalue weighted by Crippen LogP contribution is 2.59. The van der Waals surface area contributed by atoms with Crippen molar-refractivity contribution in [1.29, 1.82) is 5.26 Å². The molecule has 5 atom stereocenters. The highest BCUT2D eigenvalue weighted by molar-refractivity contribution is 5.73. The van der Waals surface area contributed by atoms with E-state index < -0.39 is 83.7 Å². The zero-order valence-corrected chi connectivity index (χ0v) is 16.5. The van der Waals surface area contributed by atoms with Gasteiger partial charge in [0.15, 0.2) is 11.2 Å². The zero-order chi connectivity index (χ0) is 25.4. The van der Waals surface area contributed by atoms with Crippen molar-refractivity contribution in [3.63, 3.8) is 0 Å². The number of nitrogens with zero attached hydrogens (tertiary/aromatic N) is 2. The van der Waals surface area contributed by atoms with Crippen LogP contribution in [0.4, 0.5) is 4.39 Å². The normalized spacial score (nSPS) is 32.1. The summed E-state index contributed by atoms with van der Waals surface area (Å²) < 4.78 is 19.8. The number of H-pyrrole nitrogens is 1. The highest BCUT2D eigenvalue weighted by atomic mass is 19.1. The van der Waals surface area contributed by atoms with E-state index in [1.54, 1.807) is 4.98 Å². The van der Waals surface area contributed by atoms with Crippen LogP contribution in [-0.4, -0.2) is 87.7 Å². The van der Waals surface area contributed by atoms with Gasteiger partial charge < -0.3 is 35.4 Å². The van der Waals surface area contributed by atoms with E-state index in [1.807, 2.05) is 0 Å². The molecule has 0 spiro atoms. The fraction of sp³-hybridized carbons (Fsp3) is 0.529. The fourth-order valence-corrected chi connectivity index (χ4v) is 4.05. The van der Waals surface area contributed by atoms with Gasteiger partial charge in [-0.1, -0.05) is 0 Å². The third-order valence-electron chi connectivity index (χ3n) is 5.51. The molecule has 1 aromatic heterocycles. The highest BCUT2D eigenvalue weighted by Gasteiger charge is 2.83. The summed E-state index contributed by atoms with van der Waals surface area (Å²) in [7, 11) is 0. The SMILES string of the molecule is N#C[C@@]1(n2ccc(=O)[nH]c2=O)O[C@](CF)(C(O)CC(=O)O)[C@](O)(CC(=O)O)[C@]1(O)CC(=O)O. The Hall–Kier alpha value is -3.65. The van der Waals surface area contributed by atoms with Gasteiger partial charge in [0.05, 0.1) is 25.4 Å². The van der Waals surface area contributed by atoms with Crippen LogP contribution >= 0.6 is 0 Å². The molecule has 1 aliphatic rings. The maximum atomic E-state index is 14.5. The quantitative estimate of drug-likeness (QED) is 0.185. The van der Waals surface area contributed by atoms with Crippen LogP contribution in [-0.2, 0) is 24.8 Å². The van der Waals surface area contributed by atoms with E-state index in [0.29, 0.717) is 12.3 Å². The summed E-state index contributed by atoms with van der Waals surface area (Å²) in [6.07, 6.45) is -7.10. The van der Waals surface area contributed by atoms with Crippen LogP contribution in [0.2, 0.25) is 0 Å². The molecule has 1 fully saturated rings. The number of hydrogen-bond donors (Lipinski definition) is 7. The Morgan fingerprint density at radius 1 is 1.12 bits per heavy atom. The van der Waals surface area contributed by atoms with E-state index in [1.165, 1.54) is 6.07 Å². The summed E-state index contributed by atoms with van der Waals surface area (Å²) in [6, 6.07) is 1.80. The number of carboxylic acids is 3. The smallest absolute Gasteiger partial charge is 0.331 e. The number of aliphatic hydroxyl groups excluding tert-OH is 1. The van der Waals surface area contributed by atoms with Gasteiger partial charge in [0.25, 0.3) is 11.3 Å². The summed E-state index contributed by atoms with van der Waals surface area (Å²) >= 11 is 0. The van der Waals surface area contributed by atoms with Crippen molar-refractivity contribution >= 4 is 17.9 Å². The number of aliphatic carboxylic acids is 3. The summed E-state index contributed by atoms with van der Waals surface area (Å²) in [6.45, 7) is -2.14. The average molecular weight is 475 g/mol. The topological polar surface area (TPSA) is 260 Å². The van der Waals surface area contributed by atoms with Crippen LogP contribution < -0.4 is 11.2 Å². The molecular formula is C17H18FN3O12. The van der Waals surface area contributed by atoms with Gasteiger partial charge in [0, 0.05) is 12.3 Å². The molecule has 1 aliphatic heterocycles. The van der Waals surface area contributed by atoms with E-state index in [2.05, 4.69) is 0 Å². The van der Waals surface area contributed by atoms with Crippen LogP contribution in [0.3, 0.4) is 0 Å². The minimum absolute atomic E-state index is 0.0645. The Morgan fingerprint density at radius 3 is 2.09 bits per heavy atom. The summed E-state index contributed by atoms with van der Waals surface area (Å²) in [5, 5.41) is 70.8. The van der Waals surface area contributed by atoms with Crippen molar-refractivity contribution in [2.45, 2.75) is 47.9 Å². The van der Waals surface area contributed by atoms with Crippen molar-refractivity contribution in [2.75, 3.05) is 6.67 Å². The van der Waals surface area contributed by atoms with Gasteiger partial charge in [-0.2, -0.15) is 5.26 Å². The first-order chi connectivity index (χ1) is 15.2. The first-order valence-corrected chi connectivity index (χ1v) is 8.94. The number of ether oxygens (including phenoxy) is 1. The largest absolute Gasteiger partial charge is 0.481 e. The van der Waals surface area contributed by atoms with Crippen molar-refractivity contribution in [2.24, 2.45) is 0 Å². The average Bonchev–Trinajstić information content (AvgIpc) is 2.83. The molecule has 15 nitrogen and oxygen atoms in total. The van der Waals surface area contributed by atoms with Gasteiger partial charge in [-0.15, -0.1) is 0 Å². The van der Waals surface area contributed by atoms with E-state index in [4.69, 9.17) is 9.84 Å². The molecule has 1 saturated heterocycles. The van der Waals surface area contributed by atoms with Crippen LogP contribution in [0.15, 0.2) is 21.9 Å². The first kappa shape index (κ1) is 25.6. The van der Waals surface area contributed by atoms with Crippen LogP contribution in [0.1, 0.15) is 19.3 Å². The number of aliphatic hydroxyl groups is 3. The fourth-order valence-electron chi connectivity index (χ4n) is 4.05. The lowest BCUT2D eigenvalue weighted by atomic mass is 9.64. The second-order valence-electron chi connectivity index (χ2n) is 7.34. The second-order valence-corrected chi connectivity index (χ2v) is 7.34. The van der Waals surface area contributed by atoms with Gasteiger partial charge in [0.1, 0.15) is 18.3 Å². The number of aromatic nitrogens is 2. The van der Waals surface area contributed by atoms with E-state index in [0.717, 1.165) is 0 Å². The molecule has 180 valence electrons. The number of nitriles is 1. The predicted molar refractivity (Wildman–Crippen MR) is 97.4 cm³/mol. The van der Waals surface area contributed by atoms with Gasteiger partial charge >= 0.3 is 23.6 Å². The molecule has 2 heterocycles. The number of halogens is 1. The molecule has 0 amide bonds. The third-order valence-corrected chi connectivity index (χ3v) is 5.51. The van der Waals surface area contributed by atoms with Crippen molar-refractivity contribution in [3.8, 4) is 6.07 Å². The van der Waals surface area contributed by atoms with E-state index >= 15 is 0 Å². The molecule has 33 heavy (non-hydrogen) atoms. The van der Waals surface area contributed by atoms with E-state index in [9.17, 15) is 59.2 Å². The maximum Gasteiger partial charge on any atom is 0.331 e. The molecule has 0 aromatic carbocycles. The summed E-state index contributed by atoms with van der Waals surface area (Å²) in [5.41, 5.74) is -16.9. The second kappa shape index (κ2) is 8.37. The minimum Gasteiger partial charge on any atom is -0.481 e. The number of hydrogen-bond acceptors (Lipinski definition) is 10. The van der Waals surface area contributed by atoms with Gasteiger partial charge in [-0.3, -0.25) is 28.7 Å². The Balaban J connectivity index is 3.07. The molecule has 0 aliphatic carbocycles. The van der Waals surface area contributed by atoms with Crippen molar-refractivity contribution in [3.05, 3.63) is 33.1 Å². The molecule has 0 radical (unpaired) electrons. The van der Waals surface area contributed by atoms with Crippen LogP contribution in [0.25, 0.3) is 0 Å². The molecule has 2 rings (SSSR count). The lowest BCUT2D eigenvalue weighted by Gasteiger charge is -2.45. The number of nitrogens with one attached hydrogen (secondary N) is 1. The first-order valence-electron chi connectivity index (χ1n) is 8.94. The Morgan fingerprint density at radius 2 is 1.67 bits per heavy atom. The molecule has 1 unspecified atom stereocenters. The number of carbonyl (C=O) groups is 3. The zero-order valence-electron chi connectivity index (χ0n) is 16.5. The number of aromatic amines is 1. The Bertz CT molecular complexity index is 1140. The summed E-state index contributed by atoms with van der Waals surface area (Å²) in [4.78, 5) is 59.8. The molecule has 0 saturated carbocycles. The standard InChI is InChI=1S/C17H18FN3O12/c18-6-14(8(22)3-10(24)25)15(31,4-11(26)27)16(32,5-12(28)29)17(7-19,33-14)21-2-1-9(23)20-13(21)30/h1-2,8,22,31-32H,3-6H2,(H,24,25)(H,26,27)(H,28,29)(H,20,23,30)/t8?,14-,15-,16-,17-/m1/s1. The van der Waals surface area contributed by atoms with Crippen LogP contribution in [0.5, 0.6) is 0 Å². The van der Waals surface area contributed by atoms with Crippen LogP contribution in [0, 0.1) is 11.3 Å². The number of alkyl halides is 1. The lowest BCUT2D eigenvalue weighted by Crippen LogP contribution is -2.71. The maximum absolute atomic E-state index is 14.5. The van der Waals surface area contributed by atoms with Gasteiger partial charge in [-0.05, 0) is 0 Å². The number of carboxylic acid groups (broad SMARTS) is 3. The molecular weight excluding hydrogens is 457 g/mol. The van der Waals surface area contributed by atoms with Crippen molar-refractivity contribution in [1.82, 2.24) is 9.55 Å². The Kier molecular flexibility index (Phi) is 6.49. The van der Waals surface area contributed by atoms with Gasteiger partial charge in [0.2, 0.25) is 0 Å². The Labute approximate surface area is 181 Å². The minimum atomic E-state index is -3.71. The molecule has 16 heteroatoms. The molecule has 0 bridgehead atoms. The van der Waals surface area contributed by atoms with Crippen molar-refractivity contribution < 1.29 is 54.2 Å². The monoisotopic (exact) mass is 475 g/mol. The van der Waals surface area contributed by atoms with E-state index in [-0.39, 0.29) is 4.57 Å². The van der Waals surface area contributed by atoms with Gasteiger partial charge in [-0.25, -0.2) is 9.18 Å².